The van der Waals surface area contributed by atoms with Gasteiger partial charge in [-0.3, -0.25) is 9.36 Å². The average Bonchev–Trinajstić information content (AvgIpc) is 3.15. The lowest BCUT2D eigenvalue weighted by Gasteiger charge is -2.22. The van der Waals surface area contributed by atoms with Crippen molar-refractivity contribution in [2.75, 3.05) is 25.1 Å². The molecule has 0 radical (unpaired) electrons. The van der Waals surface area contributed by atoms with Gasteiger partial charge in [0.15, 0.2) is 0 Å². The second kappa shape index (κ2) is 6.54. The van der Waals surface area contributed by atoms with Crippen molar-refractivity contribution in [3.63, 3.8) is 0 Å². The van der Waals surface area contributed by atoms with E-state index in [9.17, 15) is 4.79 Å². The van der Waals surface area contributed by atoms with E-state index in [1.54, 1.807) is 17.7 Å². The molecular weight excluding hydrogens is 296 g/mol. The lowest BCUT2D eigenvalue weighted by Crippen LogP contribution is -2.32. The number of nitrogens with zero attached hydrogens (tertiary/aromatic N) is 4. The lowest BCUT2D eigenvalue weighted by molar-refractivity contribution is 0.181. The second-order valence-corrected chi connectivity index (χ2v) is 5.90. The molecule has 1 saturated heterocycles. The van der Waals surface area contributed by atoms with Gasteiger partial charge in [-0.15, -0.1) is 0 Å². The Morgan fingerprint density at radius 2 is 2.04 bits per heavy atom. The molecule has 0 aromatic carbocycles. The zero-order chi connectivity index (χ0) is 16.4. The van der Waals surface area contributed by atoms with Gasteiger partial charge in [0.25, 0.3) is 5.56 Å². The van der Waals surface area contributed by atoms with E-state index in [1.807, 2.05) is 13.8 Å². The molecule has 1 aliphatic heterocycles. The van der Waals surface area contributed by atoms with Crippen molar-refractivity contribution in [2.24, 2.45) is 0 Å². The molecule has 0 aliphatic carbocycles. The minimum Gasteiger partial charge on any atom is -0.378 e. The van der Waals surface area contributed by atoms with Gasteiger partial charge in [-0.1, -0.05) is 5.16 Å². The van der Waals surface area contributed by atoms with Gasteiger partial charge in [-0.25, -0.2) is 4.98 Å². The van der Waals surface area contributed by atoms with Gasteiger partial charge in [-0.05, 0) is 26.7 Å². The molecule has 0 bridgehead atoms. The van der Waals surface area contributed by atoms with Gasteiger partial charge in [-0.2, -0.15) is 0 Å². The number of rotatable bonds is 5. The number of aromatic nitrogens is 3. The summed E-state index contributed by atoms with van der Waals surface area (Å²) < 4.78 is 12.1. The van der Waals surface area contributed by atoms with E-state index in [0.717, 1.165) is 42.9 Å². The topological polar surface area (TPSA) is 73.4 Å². The van der Waals surface area contributed by atoms with Crippen LogP contribution in [0.15, 0.2) is 15.4 Å². The highest BCUT2D eigenvalue weighted by Gasteiger charge is 2.21. The molecule has 0 saturated carbocycles. The first-order valence-electron chi connectivity index (χ1n) is 7.86. The van der Waals surface area contributed by atoms with E-state index in [2.05, 4.69) is 15.0 Å². The second-order valence-electron chi connectivity index (χ2n) is 5.90. The molecule has 3 heterocycles. The van der Waals surface area contributed by atoms with Crippen LogP contribution in [0.1, 0.15) is 35.6 Å². The quantitative estimate of drug-likeness (QED) is 0.834. The standard InChI is InChI=1S/C16H22N4O3/c1-11-14(12(2)23-18-11)9-20-15(21)8-13(10-22-3)17-16(20)19-6-4-5-7-19/h8H,4-7,9-10H2,1-3H3. The highest BCUT2D eigenvalue weighted by Crippen LogP contribution is 2.20. The van der Waals surface area contributed by atoms with Crippen molar-refractivity contribution >= 4 is 5.95 Å². The molecule has 0 spiro atoms. The van der Waals surface area contributed by atoms with Crippen LogP contribution in [0.5, 0.6) is 0 Å². The van der Waals surface area contributed by atoms with E-state index in [-0.39, 0.29) is 5.56 Å². The van der Waals surface area contributed by atoms with Crippen LogP contribution in [0.4, 0.5) is 5.95 Å². The normalized spacial score (nSPS) is 14.7. The number of hydrogen-bond acceptors (Lipinski definition) is 6. The largest absolute Gasteiger partial charge is 0.378 e. The average molecular weight is 318 g/mol. The Kier molecular flexibility index (Phi) is 4.47. The number of hydrogen-bond donors (Lipinski definition) is 0. The van der Waals surface area contributed by atoms with Crippen molar-refractivity contribution in [3.8, 4) is 0 Å². The maximum absolute atomic E-state index is 12.6. The maximum Gasteiger partial charge on any atom is 0.255 e. The van der Waals surface area contributed by atoms with Gasteiger partial charge >= 0.3 is 0 Å². The highest BCUT2D eigenvalue weighted by molar-refractivity contribution is 5.35. The van der Waals surface area contributed by atoms with Gasteiger partial charge in [0.05, 0.1) is 24.5 Å². The van der Waals surface area contributed by atoms with Crippen LogP contribution in [0.2, 0.25) is 0 Å². The van der Waals surface area contributed by atoms with E-state index < -0.39 is 0 Å². The van der Waals surface area contributed by atoms with Crippen molar-refractivity contribution in [1.82, 2.24) is 14.7 Å². The first-order valence-corrected chi connectivity index (χ1v) is 7.86. The lowest BCUT2D eigenvalue weighted by atomic mass is 10.2. The molecule has 2 aromatic heterocycles. The van der Waals surface area contributed by atoms with Crippen LogP contribution < -0.4 is 10.5 Å². The molecule has 124 valence electrons. The Morgan fingerprint density at radius 1 is 1.30 bits per heavy atom. The van der Waals surface area contributed by atoms with Crippen LogP contribution in [0.3, 0.4) is 0 Å². The van der Waals surface area contributed by atoms with Crippen LogP contribution in [-0.4, -0.2) is 34.9 Å². The molecule has 3 rings (SSSR count). The minimum atomic E-state index is -0.0750. The van der Waals surface area contributed by atoms with Crippen LogP contribution in [0.25, 0.3) is 0 Å². The predicted molar refractivity (Wildman–Crippen MR) is 85.7 cm³/mol. The Morgan fingerprint density at radius 3 is 2.65 bits per heavy atom. The zero-order valence-corrected chi connectivity index (χ0v) is 13.8. The van der Waals surface area contributed by atoms with Crippen molar-refractivity contribution < 1.29 is 9.26 Å². The summed E-state index contributed by atoms with van der Waals surface area (Å²) >= 11 is 0. The molecule has 1 aliphatic rings. The SMILES string of the molecule is COCc1cc(=O)n(Cc2c(C)noc2C)c(N2CCCC2)n1. The fourth-order valence-electron chi connectivity index (χ4n) is 2.95. The third kappa shape index (κ3) is 3.14. The molecule has 2 aromatic rings. The Hall–Kier alpha value is -2.15. The molecular formula is C16H22N4O3. The third-order valence-electron chi connectivity index (χ3n) is 4.22. The summed E-state index contributed by atoms with van der Waals surface area (Å²) in [6, 6.07) is 1.54. The fourth-order valence-corrected chi connectivity index (χ4v) is 2.95. The smallest absolute Gasteiger partial charge is 0.255 e. The summed E-state index contributed by atoms with van der Waals surface area (Å²) in [7, 11) is 1.60. The monoisotopic (exact) mass is 318 g/mol. The Labute approximate surface area is 134 Å². The molecule has 1 fully saturated rings. The summed E-state index contributed by atoms with van der Waals surface area (Å²) in [6.45, 7) is 6.35. The highest BCUT2D eigenvalue weighted by atomic mass is 16.5. The van der Waals surface area contributed by atoms with Gasteiger partial charge in [0, 0.05) is 31.8 Å². The summed E-state index contributed by atoms with van der Waals surface area (Å²) in [5, 5.41) is 3.97. The minimum absolute atomic E-state index is 0.0750. The van der Waals surface area contributed by atoms with Gasteiger partial charge in [0.1, 0.15) is 5.76 Å². The summed E-state index contributed by atoms with van der Waals surface area (Å²) in [6.07, 6.45) is 2.24. The fraction of sp³-hybridized carbons (Fsp3) is 0.562. The van der Waals surface area contributed by atoms with Crippen molar-refractivity contribution in [2.45, 2.75) is 39.8 Å². The zero-order valence-electron chi connectivity index (χ0n) is 13.8. The first-order chi connectivity index (χ1) is 11.1. The van der Waals surface area contributed by atoms with E-state index in [0.29, 0.717) is 24.8 Å². The van der Waals surface area contributed by atoms with E-state index in [4.69, 9.17) is 9.26 Å². The molecule has 0 amide bonds. The Balaban J connectivity index is 2.05. The van der Waals surface area contributed by atoms with Gasteiger partial charge < -0.3 is 14.2 Å². The molecule has 0 atom stereocenters. The number of methoxy groups -OCH3 is 1. The summed E-state index contributed by atoms with van der Waals surface area (Å²) in [5.41, 5.74) is 2.33. The van der Waals surface area contributed by atoms with E-state index >= 15 is 0 Å². The molecule has 0 N–H and O–H groups in total. The maximum atomic E-state index is 12.6. The molecule has 0 unspecified atom stereocenters. The third-order valence-corrected chi connectivity index (χ3v) is 4.22. The van der Waals surface area contributed by atoms with Crippen molar-refractivity contribution in [3.05, 3.63) is 39.1 Å². The van der Waals surface area contributed by atoms with Crippen LogP contribution in [0, 0.1) is 13.8 Å². The number of anilines is 1. The summed E-state index contributed by atoms with van der Waals surface area (Å²) in [5.74, 6) is 1.45. The number of aryl methyl sites for hydroxylation is 2. The summed E-state index contributed by atoms with van der Waals surface area (Å²) in [4.78, 5) is 19.5. The predicted octanol–water partition coefficient (Wildman–Crippen LogP) is 1.64. The molecule has 7 heteroatoms. The number of ether oxygens (including phenoxy) is 1. The first kappa shape index (κ1) is 15.7. The van der Waals surface area contributed by atoms with Crippen molar-refractivity contribution in [1.29, 1.82) is 0 Å². The van der Waals surface area contributed by atoms with Gasteiger partial charge in [0.2, 0.25) is 5.95 Å². The van der Waals surface area contributed by atoms with E-state index in [1.165, 1.54) is 0 Å². The van der Waals surface area contributed by atoms with Crippen LogP contribution >= 0.6 is 0 Å². The molecule has 7 nitrogen and oxygen atoms in total. The molecule has 23 heavy (non-hydrogen) atoms. The Bertz CT molecular complexity index is 725. The van der Waals surface area contributed by atoms with Crippen LogP contribution in [-0.2, 0) is 17.9 Å².